The number of hydrogen-bond acceptors (Lipinski definition) is 1. The summed E-state index contributed by atoms with van der Waals surface area (Å²) < 4.78 is 0. The highest BCUT2D eigenvalue weighted by atomic mass is 14.6. The zero-order chi connectivity index (χ0) is 24.2. The van der Waals surface area contributed by atoms with Crippen LogP contribution in [0.1, 0.15) is 11.1 Å². The number of fused-ring (bicyclic) bond motifs is 5. The van der Waals surface area contributed by atoms with Crippen LogP contribution in [0.3, 0.4) is 0 Å². The van der Waals surface area contributed by atoms with Gasteiger partial charge in [-0.2, -0.15) is 0 Å². The number of pyridine rings is 1. The van der Waals surface area contributed by atoms with Crippen LogP contribution in [0, 0.1) is 13.8 Å². The van der Waals surface area contributed by atoms with Crippen molar-refractivity contribution in [3.8, 4) is 22.3 Å². The van der Waals surface area contributed by atoms with E-state index < -0.39 is 0 Å². The second-order valence-electron chi connectivity index (χ2n) is 9.80. The third-order valence-electron chi connectivity index (χ3n) is 7.31. The van der Waals surface area contributed by atoms with Crippen molar-refractivity contribution in [1.82, 2.24) is 4.98 Å². The van der Waals surface area contributed by atoms with E-state index in [1.165, 1.54) is 71.1 Å². The molecule has 0 fully saturated rings. The van der Waals surface area contributed by atoms with Gasteiger partial charge in [0.15, 0.2) is 0 Å². The summed E-state index contributed by atoms with van der Waals surface area (Å²) in [6.07, 6.45) is 2.08. The number of benzene rings is 6. The molecule has 1 nitrogen and oxygen atoms in total. The Morgan fingerprint density at radius 1 is 0.472 bits per heavy atom. The second-order valence-corrected chi connectivity index (χ2v) is 9.80. The van der Waals surface area contributed by atoms with Crippen LogP contribution in [-0.4, -0.2) is 4.98 Å². The highest BCUT2D eigenvalue weighted by Crippen LogP contribution is 2.46. The van der Waals surface area contributed by atoms with Gasteiger partial charge in [0.25, 0.3) is 0 Å². The molecule has 7 rings (SSSR count). The largest absolute Gasteiger partial charge is 0.256 e. The molecule has 36 heavy (non-hydrogen) atoms. The lowest BCUT2D eigenvalue weighted by Gasteiger charge is -2.19. The van der Waals surface area contributed by atoms with Crippen molar-refractivity contribution in [2.24, 2.45) is 0 Å². The molecule has 0 amide bonds. The number of rotatable bonds is 2. The first kappa shape index (κ1) is 20.8. The lowest BCUT2D eigenvalue weighted by Crippen LogP contribution is -1.94. The van der Waals surface area contributed by atoms with E-state index >= 15 is 0 Å². The first-order valence-corrected chi connectivity index (χ1v) is 12.5. The van der Waals surface area contributed by atoms with Crippen LogP contribution in [0.25, 0.3) is 65.5 Å². The molecule has 0 aliphatic heterocycles. The van der Waals surface area contributed by atoms with E-state index in [2.05, 4.69) is 129 Å². The predicted octanol–water partition coefficient (Wildman–Crippen LogP) is 9.65. The minimum Gasteiger partial charge on any atom is -0.256 e. The van der Waals surface area contributed by atoms with E-state index in [1.807, 2.05) is 0 Å². The fraction of sp³-hybridized carbons (Fsp3) is 0.0571. The smallest absolute Gasteiger partial charge is 0.0708 e. The van der Waals surface area contributed by atoms with Gasteiger partial charge in [-0.05, 0) is 69.8 Å². The van der Waals surface area contributed by atoms with Gasteiger partial charge in [0.05, 0.1) is 5.52 Å². The zero-order valence-corrected chi connectivity index (χ0v) is 20.4. The molecule has 1 heterocycles. The number of aryl methyl sites for hydroxylation is 2. The van der Waals surface area contributed by atoms with E-state index in [1.54, 1.807) is 0 Å². The Kier molecular flexibility index (Phi) is 4.65. The molecular formula is C35H25N. The highest BCUT2D eigenvalue weighted by Gasteiger charge is 2.19. The zero-order valence-electron chi connectivity index (χ0n) is 20.4. The topological polar surface area (TPSA) is 12.9 Å². The summed E-state index contributed by atoms with van der Waals surface area (Å²) in [5, 5.41) is 8.69. The van der Waals surface area contributed by atoms with Crippen LogP contribution in [-0.2, 0) is 0 Å². The molecule has 1 heteroatoms. The van der Waals surface area contributed by atoms with Gasteiger partial charge in [-0.3, -0.25) is 4.98 Å². The van der Waals surface area contributed by atoms with Gasteiger partial charge in [-0.1, -0.05) is 108 Å². The minimum absolute atomic E-state index is 1.02. The Bertz CT molecular complexity index is 1940. The van der Waals surface area contributed by atoms with Gasteiger partial charge in [0.1, 0.15) is 0 Å². The molecule has 0 aliphatic carbocycles. The first-order valence-electron chi connectivity index (χ1n) is 12.5. The summed E-state index contributed by atoms with van der Waals surface area (Å²) in [6, 6.07) is 39.7. The minimum atomic E-state index is 1.02. The second kappa shape index (κ2) is 8.03. The molecule has 0 N–H and O–H groups in total. The Hall–Kier alpha value is -4.49. The fourth-order valence-electron chi connectivity index (χ4n) is 5.87. The summed E-state index contributed by atoms with van der Waals surface area (Å²) in [7, 11) is 0. The monoisotopic (exact) mass is 459 g/mol. The molecule has 0 saturated carbocycles. The Balaban J connectivity index is 1.73. The van der Waals surface area contributed by atoms with Crippen LogP contribution in [0.2, 0.25) is 0 Å². The molecule has 0 saturated heterocycles. The Morgan fingerprint density at radius 2 is 1.11 bits per heavy atom. The van der Waals surface area contributed by atoms with E-state index in [0.717, 1.165) is 5.52 Å². The van der Waals surface area contributed by atoms with Gasteiger partial charge >= 0.3 is 0 Å². The van der Waals surface area contributed by atoms with Crippen molar-refractivity contribution in [2.45, 2.75) is 13.8 Å². The molecule has 0 radical (unpaired) electrons. The molecule has 0 spiro atoms. The molecule has 6 aromatic carbocycles. The van der Waals surface area contributed by atoms with E-state index in [0.29, 0.717) is 0 Å². The molecule has 170 valence electrons. The quantitative estimate of drug-likeness (QED) is 0.185. The maximum absolute atomic E-state index is 4.93. The van der Waals surface area contributed by atoms with Crippen LogP contribution in [0.5, 0.6) is 0 Å². The van der Waals surface area contributed by atoms with E-state index in [-0.39, 0.29) is 0 Å². The average molecular weight is 460 g/mol. The normalized spacial score (nSPS) is 11.6. The molecule has 0 aliphatic rings. The molecule has 0 atom stereocenters. The number of aromatic nitrogens is 1. The van der Waals surface area contributed by atoms with Crippen LogP contribution in [0.4, 0.5) is 0 Å². The lowest BCUT2D eigenvalue weighted by molar-refractivity contribution is 1.39. The van der Waals surface area contributed by atoms with Gasteiger partial charge < -0.3 is 0 Å². The number of hydrogen-bond donors (Lipinski definition) is 0. The Labute approximate surface area is 210 Å². The third kappa shape index (κ3) is 3.21. The van der Waals surface area contributed by atoms with Crippen molar-refractivity contribution < 1.29 is 0 Å². The fourth-order valence-corrected chi connectivity index (χ4v) is 5.87. The SMILES string of the molecule is Cc1cc(C)cc(-c2c3ccccc3c(-c3ccc4ccccc4c3)c3c2cnc2ccccc23)c1. The first-order chi connectivity index (χ1) is 17.7. The summed E-state index contributed by atoms with van der Waals surface area (Å²) in [6.45, 7) is 4.36. The van der Waals surface area contributed by atoms with Gasteiger partial charge in [-0.25, -0.2) is 0 Å². The van der Waals surface area contributed by atoms with Crippen LogP contribution in [0.15, 0.2) is 115 Å². The lowest BCUT2D eigenvalue weighted by atomic mass is 9.84. The molecule has 0 bridgehead atoms. The third-order valence-corrected chi connectivity index (χ3v) is 7.31. The highest BCUT2D eigenvalue weighted by molar-refractivity contribution is 6.27. The molecule has 7 aromatic rings. The summed E-state index contributed by atoms with van der Waals surface area (Å²) in [4.78, 5) is 4.93. The maximum atomic E-state index is 4.93. The molecule has 1 aromatic heterocycles. The Morgan fingerprint density at radius 3 is 1.89 bits per heavy atom. The van der Waals surface area contributed by atoms with Crippen molar-refractivity contribution in [3.05, 3.63) is 127 Å². The van der Waals surface area contributed by atoms with Crippen LogP contribution >= 0.6 is 0 Å². The van der Waals surface area contributed by atoms with E-state index in [9.17, 15) is 0 Å². The van der Waals surface area contributed by atoms with Crippen molar-refractivity contribution in [2.75, 3.05) is 0 Å². The van der Waals surface area contributed by atoms with E-state index in [4.69, 9.17) is 4.98 Å². The molecular weight excluding hydrogens is 434 g/mol. The van der Waals surface area contributed by atoms with Crippen molar-refractivity contribution in [1.29, 1.82) is 0 Å². The van der Waals surface area contributed by atoms with Crippen molar-refractivity contribution >= 4 is 43.2 Å². The standard InChI is InChI=1S/C35H25N/c1-22-17-23(2)19-27(18-22)33-28-11-5-6-12-29(28)34(26-16-15-24-9-3-4-10-25(24)20-26)35-30-13-7-8-14-32(30)36-21-31(33)35/h3-21H,1-2H3. The number of nitrogens with zero attached hydrogens (tertiary/aromatic N) is 1. The number of para-hydroxylation sites is 1. The predicted molar refractivity (Wildman–Crippen MR) is 155 cm³/mol. The van der Waals surface area contributed by atoms with Crippen LogP contribution < -0.4 is 0 Å². The summed E-state index contributed by atoms with van der Waals surface area (Å²) in [5.74, 6) is 0. The average Bonchev–Trinajstić information content (AvgIpc) is 2.90. The van der Waals surface area contributed by atoms with Gasteiger partial charge in [0, 0.05) is 22.4 Å². The van der Waals surface area contributed by atoms with Gasteiger partial charge in [-0.15, -0.1) is 0 Å². The van der Waals surface area contributed by atoms with Gasteiger partial charge in [0.2, 0.25) is 0 Å². The van der Waals surface area contributed by atoms with Crippen molar-refractivity contribution in [3.63, 3.8) is 0 Å². The maximum Gasteiger partial charge on any atom is 0.0708 e. The molecule has 0 unspecified atom stereocenters. The summed E-state index contributed by atoms with van der Waals surface area (Å²) in [5.41, 5.74) is 8.58. The summed E-state index contributed by atoms with van der Waals surface area (Å²) >= 11 is 0.